The van der Waals surface area contributed by atoms with Crippen molar-refractivity contribution >= 4 is 16.8 Å². The third-order valence-electron chi connectivity index (χ3n) is 3.70. The summed E-state index contributed by atoms with van der Waals surface area (Å²) in [6.45, 7) is -1.69. The van der Waals surface area contributed by atoms with Gasteiger partial charge in [-0.2, -0.15) is 13.2 Å². The first-order valence-electron chi connectivity index (χ1n) is 7.69. The van der Waals surface area contributed by atoms with Gasteiger partial charge < -0.3 is 14.1 Å². The average molecular weight is 364 g/mol. The number of alkyl halides is 3. The van der Waals surface area contributed by atoms with E-state index in [-0.39, 0.29) is 18.0 Å². The summed E-state index contributed by atoms with van der Waals surface area (Å²) in [5, 5.41) is 0.717. The Morgan fingerprint density at radius 1 is 1.23 bits per heavy atom. The smallest absolute Gasteiger partial charge is 0.406 e. The Balaban J connectivity index is 1.90. The summed E-state index contributed by atoms with van der Waals surface area (Å²) < 4.78 is 48.8. The molecule has 0 atom stereocenters. The van der Waals surface area contributed by atoms with E-state index in [2.05, 4.69) is 4.98 Å². The van der Waals surface area contributed by atoms with Crippen molar-refractivity contribution in [2.75, 3.05) is 13.7 Å². The number of carbonyl (C=O) groups excluding carboxylic acids is 1. The van der Waals surface area contributed by atoms with Gasteiger partial charge >= 0.3 is 6.18 Å². The first kappa shape index (κ1) is 17.8. The number of amides is 1. The van der Waals surface area contributed by atoms with Gasteiger partial charge in [-0.3, -0.25) is 4.79 Å². The molecule has 2 heterocycles. The molecule has 0 aliphatic rings. The van der Waals surface area contributed by atoms with Crippen LogP contribution in [-0.4, -0.2) is 35.6 Å². The molecule has 0 fully saturated rings. The number of hydrogen-bond acceptors (Lipinski definition) is 4. The van der Waals surface area contributed by atoms with E-state index in [0.29, 0.717) is 21.6 Å². The van der Waals surface area contributed by atoms with Crippen LogP contribution in [0.1, 0.15) is 16.2 Å². The second-order valence-electron chi connectivity index (χ2n) is 5.61. The van der Waals surface area contributed by atoms with E-state index in [9.17, 15) is 18.0 Å². The van der Waals surface area contributed by atoms with Crippen LogP contribution in [0.4, 0.5) is 13.2 Å². The highest BCUT2D eigenvalue weighted by Gasteiger charge is 2.34. The lowest BCUT2D eigenvalue weighted by molar-refractivity contribution is -0.142. The van der Waals surface area contributed by atoms with Crippen molar-refractivity contribution in [3.8, 4) is 5.75 Å². The van der Waals surface area contributed by atoms with Crippen molar-refractivity contribution in [1.29, 1.82) is 0 Å². The van der Waals surface area contributed by atoms with Crippen molar-refractivity contribution in [1.82, 2.24) is 9.88 Å². The number of fused-ring (bicyclic) bond motifs is 1. The molecule has 0 saturated heterocycles. The highest BCUT2D eigenvalue weighted by molar-refractivity contribution is 5.95. The van der Waals surface area contributed by atoms with Crippen molar-refractivity contribution in [2.45, 2.75) is 12.7 Å². The number of hydrogen-bond donors (Lipinski definition) is 0. The summed E-state index contributed by atoms with van der Waals surface area (Å²) in [4.78, 5) is 17.5. The lowest BCUT2D eigenvalue weighted by Gasteiger charge is -2.22. The summed E-state index contributed by atoms with van der Waals surface area (Å²) in [5.74, 6) is 0.0551. The van der Waals surface area contributed by atoms with Crippen LogP contribution in [0.2, 0.25) is 0 Å². The number of pyridine rings is 1. The standard InChI is InChI=1S/C18H15F3N2O3/c1-25-13-5-7-15-12(9-13)4-6-16(22-15)17(24)23(11-18(19,20)21)10-14-3-2-8-26-14/h2-9H,10-11H2,1H3. The molecule has 0 N–H and O–H groups in total. The van der Waals surface area contributed by atoms with E-state index < -0.39 is 18.6 Å². The number of carbonyl (C=O) groups is 1. The van der Waals surface area contributed by atoms with Gasteiger partial charge in [-0.1, -0.05) is 6.07 Å². The summed E-state index contributed by atoms with van der Waals surface area (Å²) in [7, 11) is 1.52. The quantitative estimate of drug-likeness (QED) is 0.686. The minimum absolute atomic E-state index is 0.0709. The monoisotopic (exact) mass is 364 g/mol. The average Bonchev–Trinajstić information content (AvgIpc) is 3.11. The SMILES string of the molecule is COc1ccc2nc(C(=O)N(Cc3ccco3)CC(F)(F)F)ccc2c1. The van der Waals surface area contributed by atoms with Crippen LogP contribution in [-0.2, 0) is 6.54 Å². The highest BCUT2D eigenvalue weighted by Crippen LogP contribution is 2.22. The molecule has 1 aromatic carbocycles. The lowest BCUT2D eigenvalue weighted by Crippen LogP contribution is -2.38. The van der Waals surface area contributed by atoms with Crippen LogP contribution >= 0.6 is 0 Å². The number of halogens is 3. The summed E-state index contributed by atoms with van der Waals surface area (Å²) in [6.07, 6.45) is -3.19. The van der Waals surface area contributed by atoms with Crippen LogP contribution in [0.3, 0.4) is 0 Å². The highest BCUT2D eigenvalue weighted by atomic mass is 19.4. The van der Waals surface area contributed by atoms with Gasteiger partial charge in [0, 0.05) is 5.39 Å². The Morgan fingerprint density at radius 3 is 2.69 bits per heavy atom. The zero-order valence-corrected chi connectivity index (χ0v) is 13.8. The number of rotatable bonds is 5. The van der Waals surface area contributed by atoms with Crippen LogP contribution < -0.4 is 4.74 Å². The molecule has 0 unspecified atom stereocenters. The fraction of sp³-hybridized carbons (Fsp3) is 0.222. The van der Waals surface area contributed by atoms with Crippen molar-refractivity contribution in [2.24, 2.45) is 0 Å². The molecule has 136 valence electrons. The van der Waals surface area contributed by atoms with Gasteiger partial charge in [-0.25, -0.2) is 4.98 Å². The van der Waals surface area contributed by atoms with Gasteiger partial charge in [0.2, 0.25) is 0 Å². The van der Waals surface area contributed by atoms with Crippen LogP contribution in [0.15, 0.2) is 53.1 Å². The predicted octanol–water partition coefficient (Wildman–Crippen LogP) is 4.04. The molecule has 5 nitrogen and oxygen atoms in total. The second kappa shape index (κ2) is 7.07. The number of furan rings is 1. The van der Waals surface area contributed by atoms with E-state index in [1.54, 1.807) is 30.3 Å². The van der Waals surface area contributed by atoms with Crippen LogP contribution in [0.5, 0.6) is 5.75 Å². The Kier molecular flexibility index (Phi) is 4.83. The van der Waals surface area contributed by atoms with Crippen molar-refractivity contribution in [3.05, 3.63) is 60.2 Å². The summed E-state index contributed by atoms with van der Waals surface area (Å²) >= 11 is 0. The first-order chi connectivity index (χ1) is 12.4. The largest absolute Gasteiger partial charge is 0.497 e. The topological polar surface area (TPSA) is 55.6 Å². The molecule has 1 amide bonds. The third-order valence-corrected chi connectivity index (χ3v) is 3.70. The van der Waals surface area contributed by atoms with Gasteiger partial charge in [0.25, 0.3) is 5.91 Å². The number of ether oxygens (including phenoxy) is 1. The molecule has 0 bridgehead atoms. The van der Waals surface area contributed by atoms with Crippen LogP contribution in [0, 0.1) is 0 Å². The fourth-order valence-corrected chi connectivity index (χ4v) is 2.52. The Morgan fingerprint density at radius 2 is 2.04 bits per heavy atom. The van der Waals surface area contributed by atoms with E-state index in [0.717, 1.165) is 0 Å². The Hall–Kier alpha value is -3.03. The van der Waals surface area contributed by atoms with Gasteiger partial charge in [0.05, 0.1) is 25.4 Å². The molecule has 26 heavy (non-hydrogen) atoms. The number of nitrogens with zero attached hydrogens (tertiary/aromatic N) is 2. The van der Waals surface area contributed by atoms with Crippen molar-refractivity contribution < 1.29 is 27.1 Å². The Labute approximate surface area is 147 Å². The molecule has 0 radical (unpaired) electrons. The molecule has 0 aliphatic carbocycles. The van der Waals surface area contributed by atoms with Gasteiger partial charge in [-0.15, -0.1) is 0 Å². The molecular weight excluding hydrogens is 349 g/mol. The lowest BCUT2D eigenvalue weighted by atomic mass is 10.2. The zero-order chi connectivity index (χ0) is 18.7. The Bertz CT molecular complexity index is 908. The maximum atomic E-state index is 12.9. The van der Waals surface area contributed by atoms with Gasteiger partial charge in [0.15, 0.2) is 0 Å². The number of aromatic nitrogens is 1. The molecule has 0 spiro atoms. The molecule has 0 saturated carbocycles. The number of methoxy groups -OCH3 is 1. The minimum Gasteiger partial charge on any atom is -0.497 e. The molecule has 8 heteroatoms. The molecule has 2 aromatic heterocycles. The minimum atomic E-state index is -4.54. The molecule has 3 rings (SSSR count). The maximum absolute atomic E-state index is 12.9. The predicted molar refractivity (Wildman–Crippen MR) is 87.8 cm³/mol. The van der Waals surface area contributed by atoms with Gasteiger partial charge in [0.1, 0.15) is 23.7 Å². The molecular formula is C18H15F3N2O3. The van der Waals surface area contributed by atoms with E-state index in [1.807, 2.05) is 0 Å². The molecule has 3 aromatic rings. The normalized spacial score (nSPS) is 11.5. The van der Waals surface area contributed by atoms with Crippen molar-refractivity contribution in [3.63, 3.8) is 0 Å². The maximum Gasteiger partial charge on any atom is 0.406 e. The van der Waals surface area contributed by atoms with E-state index in [1.165, 1.54) is 25.5 Å². The second-order valence-corrected chi connectivity index (χ2v) is 5.61. The third kappa shape index (κ3) is 4.14. The van der Waals surface area contributed by atoms with E-state index in [4.69, 9.17) is 9.15 Å². The molecule has 0 aliphatic heterocycles. The summed E-state index contributed by atoms with van der Waals surface area (Å²) in [5.41, 5.74) is 0.417. The van der Waals surface area contributed by atoms with E-state index >= 15 is 0 Å². The number of benzene rings is 1. The zero-order valence-electron chi connectivity index (χ0n) is 13.8. The first-order valence-corrected chi connectivity index (χ1v) is 7.69. The van der Waals surface area contributed by atoms with Gasteiger partial charge in [-0.05, 0) is 36.4 Å². The summed E-state index contributed by atoms with van der Waals surface area (Å²) in [6, 6.07) is 11.1. The fourth-order valence-electron chi connectivity index (χ4n) is 2.52. The van der Waals surface area contributed by atoms with Crippen LogP contribution in [0.25, 0.3) is 10.9 Å².